The molecule has 0 aliphatic rings. The summed E-state index contributed by atoms with van der Waals surface area (Å²) in [6, 6.07) is 11.3. The molecule has 1 nitrogen and oxygen atoms in total. The molecule has 0 radical (unpaired) electrons. The summed E-state index contributed by atoms with van der Waals surface area (Å²) in [4.78, 5) is 0. The van der Waals surface area contributed by atoms with Crippen molar-refractivity contribution in [2.24, 2.45) is 0 Å². The zero-order chi connectivity index (χ0) is 13.9. The standard InChI is InChI=1S/C13H10BrF3OS/c14-11-3-1-10-8-12(4-2-9(10)7-11)18-5-6-19-13(15,16)17/h1-4,7-8H,5-6H2. The normalized spacial score (nSPS) is 11.8. The van der Waals surface area contributed by atoms with Crippen LogP contribution in [-0.2, 0) is 0 Å². The van der Waals surface area contributed by atoms with Crippen molar-refractivity contribution in [3.63, 3.8) is 0 Å². The minimum atomic E-state index is -4.20. The fourth-order valence-electron chi connectivity index (χ4n) is 1.60. The van der Waals surface area contributed by atoms with Crippen LogP contribution in [0.25, 0.3) is 10.8 Å². The van der Waals surface area contributed by atoms with Crippen LogP contribution in [0.2, 0.25) is 0 Å². The van der Waals surface area contributed by atoms with Gasteiger partial charge in [-0.2, -0.15) is 13.2 Å². The first-order valence-corrected chi connectivity index (χ1v) is 7.25. The maximum atomic E-state index is 11.9. The quantitative estimate of drug-likeness (QED) is 0.698. The van der Waals surface area contributed by atoms with E-state index in [9.17, 15) is 13.2 Å². The Labute approximate surface area is 121 Å². The first-order valence-electron chi connectivity index (χ1n) is 5.47. The molecule has 0 aromatic heterocycles. The van der Waals surface area contributed by atoms with Crippen LogP contribution in [-0.4, -0.2) is 17.9 Å². The highest BCUT2D eigenvalue weighted by atomic mass is 79.9. The predicted octanol–water partition coefficient (Wildman–Crippen LogP) is 5.23. The fourth-order valence-corrected chi connectivity index (χ4v) is 2.38. The molecule has 102 valence electrons. The third kappa shape index (κ3) is 4.62. The van der Waals surface area contributed by atoms with E-state index < -0.39 is 5.51 Å². The molecular formula is C13H10BrF3OS. The van der Waals surface area contributed by atoms with Crippen molar-refractivity contribution in [3.05, 3.63) is 40.9 Å². The van der Waals surface area contributed by atoms with Gasteiger partial charge in [-0.25, -0.2) is 0 Å². The minimum absolute atomic E-state index is 0.0339. The third-order valence-electron chi connectivity index (χ3n) is 2.39. The summed E-state index contributed by atoms with van der Waals surface area (Å²) in [6.07, 6.45) is 0. The van der Waals surface area contributed by atoms with E-state index in [-0.39, 0.29) is 24.1 Å². The molecule has 19 heavy (non-hydrogen) atoms. The molecule has 0 fully saturated rings. The molecule has 2 aromatic rings. The zero-order valence-corrected chi connectivity index (χ0v) is 12.1. The van der Waals surface area contributed by atoms with E-state index in [4.69, 9.17) is 4.74 Å². The Bertz CT molecular complexity index is 571. The lowest BCUT2D eigenvalue weighted by atomic mass is 10.1. The van der Waals surface area contributed by atoms with Crippen LogP contribution in [0.1, 0.15) is 0 Å². The maximum absolute atomic E-state index is 11.9. The van der Waals surface area contributed by atoms with Gasteiger partial charge in [0.2, 0.25) is 0 Å². The Kier molecular flexibility index (Phi) is 4.62. The zero-order valence-electron chi connectivity index (χ0n) is 9.71. The fraction of sp³-hybridized carbons (Fsp3) is 0.231. The van der Waals surface area contributed by atoms with E-state index >= 15 is 0 Å². The van der Waals surface area contributed by atoms with Gasteiger partial charge in [0, 0.05) is 10.2 Å². The molecule has 0 aliphatic carbocycles. The minimum Gasteiger partial charge on any atom is -0.493 e. The number of benzene rings is 2. The van der Waals surface area contributed by atoms with Crippen molar-refractivity contribution in [2.45, 2.75) is 5.51 Å². The van der Waals surface area contributed by atoms with Gasteiger partial charge in [-0.05, 0) is 46.8 Å². The lowest BCUT2D eigenvalue weighted by Crippen LogP contribution is -2.07. The second kappa shape index (κ2) is 6.05. The first-order chi connectivity index (χ1) is 8.94. The van der Waals surface area contributed by atoms with Crippen molar-refractivity contribution < 1.29 is 17.9 Å². The second-order valence-corrected chi connectivity index (χ2v) is 5.87. The lowest BCUT2D eigenvalue weighted by molar-refractivity contribution is -0.0329. The molecule has 0 spiro atoms. The summed E-state index contributed by atoms with van der Waals surface area (Å²) >= 11 is 3.31. The Morgan fingerprint density at radius 3 is 2.47 bits per heavy atom. The van der Waals surface area contributed by atoms with Crippen LogP contribution >= 0.6 is 27.7 Å². The Hall–Kier alpha value is -0.880. The summed E-state index contributed by atoms with van der Waals surface area (Å²) < 4.78 is 42.1. The van der Waals surface area contributed by atoms with E-state index in [1.165, 1.54) is 0 Å². The molecule has 0 unspecified atom stereocenters. The molecule has 0 heterocycles. The van der Waals surface area contributed by atoms with Crippen LogP contribution < -0.4 is 4.74 Å². The molecular weight excluding hydrogens is 341 g/mol. The van der Waals surface area contributed by atoms with Crippen LogP contribution in [0.3, 0.4) is 0 Å². The number of fused-ring (bicyclic) bond motifs is 1. The average Bonchev–Trinajstić information content (AvgIpc) is 2.33. The first kappa shape index (κ1) is 14.5. The van der Waals surface area contributed by atoms with E-state index in [1.807, 2.05) is 30.3 Å². The molecule has 0 aliphatic heterocycles. The van der Waals surface area contributed by atoms with Crippen molar-refractivity contribution in [2.75, 3.05) is 12.4 Å². The molecule has 0 atom stereocenters. The number of thioether (sulfide) groups is 1. The summed E-state index contributed by atoms with van der Waals surface area (Å²) in [7, 11) is 0. The highest BCUT2D eigenvalue weighted by Crippen LogP contribution is 2.30. The van der Waals surface area contributed by atoms with Crippen molar-refractivity contribution in [1.82, 2.24) is 0 Å². The molecule has 0 saturated heterocycles. The Morgan fingerprint density at radius 2 is 1.74 bits per heavy atom. The van der Waals surface area contributed by atoms with Gasteiger partial charge in [0.15, 0.2) is 0 Å². The third-order valence-corrected chi connectivity index (χ3v) is 3.58. The van der Waals surface area contributed by atoms with Crippen LogP contribution in [0, 0.1) is 0 Å². The van der Waals surface area contributed by atoms with Crippen molar-refractivity contribution in [3.8, 4) is 5.75 Å². The van der Waals surface area contributed by atoms with Gasteiger partial charge in [-0.1, -0.05) is 28.1 Å². The van der Waals surface area contributed by atoms with Gasteiger partial charge in [-0.3, -0.25) is 0 Å². The number of hydrogen-bond acceptors (Lipinski definition) is 2. The topological polar surface area (TPSA) is 9.23 Å². The molecule has 2 aromatic carbocycles. The summed E-state index contributed by atoms with van der Waals surface area (Å²) in [6.45, 7) is 0.0339. The highest BCUT2D eigenvalue weighted by Gasteiger charge is 2.27. The summed E-state index contributed by atoms with van der Waals surface area (Å²) in [5.74, 6) is 0.472. The van der Waals surface area contributed by atoms with Gasteiger partial charge in [0.25, 0.3) is 0 Å². The van der Waals surface area contributed by atoms with E-state index in [0.717, 1.165) is 15.2 Å². The summed E-state index contributed by atoms with van der Waals surface area (Å²) in [5, 5.41) is 2.04. The maximum Gasteiger partial charge on any atom is 0.441 e. The van der Waals surface area contributed by atoms with Crippen molar-refractivity contribution in [1.29, 1.82) is 0 Å². The molecule has 0 amide bonds. The average molecular weight is 351 g/mol. The lowest BCUT2D eigenvalue weighted by Gasteiger charge is -2.08. The second-order valence-electron chi connectivity index (χ2n) is 3.80. The molecule has 0 bridgehead atoms. The van der Waals surface area contributed by atoms with Gasteiger partial charge in [0.05, 0.1) is 6.61 Å². The number of alkyl halides is 3. The molecule has 0 saturated carbocycles. The van der Waals surface area contributed by atoms with Gasteiger partial charge in [-0.15, -0.1) is 0 Å². The van der Waals surface area contributed by atoms with Gasteiger partial charge >= 0.3 is 5.51 Å². The predicted molar refractivity (Wildman–Crippen MR) is 75.7 cm³/mol. The van der Waals surface area contributed by atoms with E-state index in [2.05, 4.69) is 15.9 Å². The van der Waals surface area contributed by atoms with E-state index in [0.29, 0.717) is 5.75 Å². The number of ether oxygens (including phenoxy) is 1. The number of hydrogen-bond donors (Lipinski definition) is 0. The van der Waals surface area contributed by atoms with Gasteiger partial charge < -0.3 is 4.74 Å². The largest absolute Gasteiger partial charge is 0.493 e. The number of rotatable bonds is 4. The van der Waals surface area contributed by atoms with E-state index in [1.54, 1.807) is 6.07 Å². The van der Waals surface area contributed by atoms with Crippen molar-refractivity contribution >= 4 is 38.5 Å². The van der Waals surface area contributed by atoms with Crippen LogP contribution in [0.4, 0.5) is 13.2 Å². The highest BCUT2D eigenvalue weighted by molar-refractivity contribution is 9.10. The van der Waals surface area contributed by atoms with Gasteiger partial charge in [0.1, 0.15) is 5.75 Å². The Morgan fingerprint density at radius 1 is 1.05 bits per heavy atom. The smallest absolute Gasteiger partial charge is 0.441 e. The SMILES string of the molecule is FC(F)(F)SCCOc1ccc2cc(Br)ccc2c1. The summed E-state index contributed by atoms with van der Waals surface area (Å²) in [5.41, 5.74) is -4.20. The van der Waals surface area contributed by atoms with Crippen LogP contribution in [0.5, 0.6) is 5.75 Å². The molecule has 6 heteroatoms. The molecule has 2 rings (SSSR count). The molecule has 0 N–H and O–H groups in total. The number of halogens is 4. The van der Waals surface area contributed by atoms with Crippen LogP contribution in [0.15, 0.2) is 40.9 Å². The Balaban J connectivity index is 1.96. The monoisotopic (exact) mass is 350 g/mol.